The first-order valence-electron chi connectivity index (χ1n) is 7.15. The molecule has 0 bridgehead atoms. The summed E-state index contributed by atoms with van der Waals surface area (Å²) >= 11 is 1.39. The average Bonchev–Trinajstić information content (AvgIpc) is 2.95. The molecule has 0 aliphatic rings. The molecular weight excluding hydrogens is 313 g/mol. The van der Waals surface area contributed by atoms with Crippen LogP contribution in [-0.2, 0) is 12.8 Å². The van der Waals surface area contributed by atoms with Crippen LogP contribution in [0.1, 0.15) is 23.1 Å². The first kappa shape index (κ1) is 15.7. The molecule has 118 valence electrons. The second-order valence-corrected chi connectivity index (χ2v) is 6.04. The van der Waals surface area contributed by atoms with Crippen LogP contribution in [0.5, 0.6) is 0 Å². The fourth-order valence-corrected chi connectivity index (χ4v) is 3.14. The summed E-state index contributed by atoms with van der Waals surface area (Å²) in [7, 11) is 1.80. The molecule has 0 saturated heterocycles. The summed E-state index contributed by atoms with van der Waals surface area (Å²) in [5.74, 6) is 0.694. The number of aromatic nitrogens is 3. The van der Waals surface area contributed by atoms with Crippen molar-refractivity contribution >= 4 is 11.8 Å². The summed E-state index contributed by atoms with van der Waals surface area (Å²) in [5.41, 5.74) is 1.37. The van der Waals surface area contributed by atoms with Gasteiger partial charge >= 0.3 is 0 Å². The van der Waals surface area contributed by atoms with E-state index in [1.54, 1.807) is 29.8 Å². The van der Waals surface area contributed by atoms with Crippen molar-refractivity contribution in [2.45, 2.75) is 17.0 Å². The van der Waals surface area contributed by atoms with Gasteiger partial charge in [0.25, 0.3) is 0 Å². The van der Waals surface area contributed by atoms with Crippen LogP contribution in [0.15, 0.2) is 59.8 Å². The number of hydrogen-bond donors (Lipinski definition) is 1. The third-order valence-electron chi connectivity index (χ3n) is 3.54. The van der Waals surface area contributed by atoms with E-state index in [1.165, 1.54) is 17.8 Å². The Morgan fingerprint density at radius 3 is 2.52 bits per heavy atom. The van der Waals surface area contributed by atoms with Gasteiger partial charge in [-0.1, -0.05) is 60.3 Å². The number of aliphatic hydroxyl groups excluding tert-OH is 1. The zero-order chi connectivity index (χ0) is 16.2. The molecule has 0 amide bonds. The monoisotopic (exact) mass is 329 g/mol. The van der Waals surface area contributed by atoms with Gasteiger partial charge in [0.05, 0.1) is 0 Å². The maximum absolute atomic E-state index is 13.7. The normalized spacial score (nSPS) is 12.3. The van der Waals surface area contributed by atoms with E-state index in [0.29, 0.717) is 22.3 Å². The molecule has 3 aromatic rings. The SMILES string of the molecule is Cn1c(SCc2ccccc2F)nnc1[C@@H](O)c1ccccc1. The van der Waals surface area contributed by atoms with Crippen molar-refractivity contribution in [3.05, 3.63) is 77.4 Å². The largest absolute Gasteiger partial charge is 0.380 e. The highest BCUT2D eigenvalue weighted by molar-refractivity contribution is 7.98. The van der Waals surface area contributed by atoms with Crippen molar-refractivity contribution < 1.29 is 9.50 Å². The first-order valence-corrected chi connectivity index (χ1v) is 8.14. The van der Waals surface area contributed by atoms with Crippen LogP contribution in [-0.4, -0.2) is 19.9 Å². The number of aliphatic hydroxyl groups is 1. The molecule has 3 rings (SSSR count). The van der Waals surface area contributed by atoms with Gasteiger partial charge in [-0.3, -0.25) is 0 Å². The number of hydrogen-bond acceptors (Lipinski definition) is 4. The topological polar surface area (TPSA) is 50.9 Å². The molecule has 4 nitrogen and oxygen atoms in total. The summed E-state index contributed by atoms with van der Waals surface area (Å²) in [5, 5.41) is 19.2. The second-order valence-electron chi connectivity index (χ2n) is 5.09. The van der Waals surface area contributed by atoms with Gasteiger partial charge in [-0.05, 0) is 17.2 Å². The van der Waals surface area contributed by atoms with Crippen LogP contribution in [0.3, 0.4) is 0 Å². The number of thioether (sulfide) groups is 1. The van der Waals surface area contributed by atoms with Crippen molar-refractivity contribution in [2.24, 2.45) is 7.05 Å². The molecule has 23 heavy (non-hydrogen) atoms. The molecule has 1 heterocycles. The highest BCUT2D eigenvalue weighted by atomic mass is 32.2. The third kappa shape index (κ3) is 3.43. The van der Waals surface area contributed by atoms with Crippen LogP contribution in [0, 0.1) is 5.82 Å². The van der Waals surface area contributed by atoms with Gasteiger partial charge < -0.3 is 9.67 Å². The van der Waals surface area contributed by atoms with E-state index in [0.717, 1.165) is 5.56 Å². The van der Waals surface area contributed by atoms with Crippen molar-refractivity contribution in [1.29, 1.82) is 0 Å². The first-order chi connectivity index (χ1) is 11.2. The Kier molecular flexibility index (Phi) is 4.73. The molecule has 1 atom stereocenters. The van der Waals surface area contributed by atoms with Crippen molar-refractivity contribution in [2.75, 3.05) is 0 Å². The van der Waals surface area contributed by atoms with Gasteiger partial charge in [0.15, 0.2) is 11.0 Å². The minimum atomic E-state index is -0.837. The van der Waals surface area contributed by atoms with Crippen LogP contribution in [0.4, 0.5) is 4.39 Å². The Hall–Kier alpha value is -2.18. The molecule has 1 aromatic heterocycles. The number of benzene rings is 2. The zero-order valence-electron chi connectivity index (χ0n) is 12.6. The predicted octanol–water partition coefficient (Wildman–Crippen LogP) is 3.33. The van der Waals surface area contributed by atoms with Gasteiger partial charge in [-0.15, -0.1) is 10.2 Å². The van der Waals surface area contributed by atoms with Gasteiger partial charge in [-0.2, -0.15) is 0 Å². The lowest BCUT2D eigenvalue weighted by Crippen LogP contribution is -2.07. The molecular formula is C17H16FN3OS. The van der Waals surface area contributed by atoms with Gasteiger partial charge in [-0.25, -0.2) is 4.39 Å². The van der Waals surface area contributed by atoms with E-state index >= 15 is 0 Å². The Morgan fingerprint density at radius 1 is 1.09 bits per heavy atom. The summed E-state index contributed by atoms with van der Waals surface area (Å²) < 4.78 is 15.4. The molecule has 6 heteroatoms. The van der Waals surface area contributed by atoms with E-state index in [1.807, 2.05) is 30.3 Å². The highest BCUT2D eigenvalue weighted by Gasteiger charge is 2.19. The molecule has 2 aromatic carbocycles. The molecule has 1 N–H and O–H groups in total. The summed E-state index contributed by atoms with van der Waals surface area (Å²) in [4.78, 5) is 0. The number of nitrogens with zero attached hydrogens (tertiary/aromatic N) is 3. The fourth-order valence-electron chi connectivity index (χ4n) is 2.23. The molecule has 0 radical (unpaired) electrons. The van der Waals surface area contributed by atoms with Crippen LogP contribution < -0.4 is 0 Å². The predicted molar refractivity (Wildman–Crippen MR) is 87.5 cm³/mol. The van der Waals surface area contributed by atoms with Crippen molar-refractivity contribution in [3.63, 3.8) is 0 Å². The molecule has 0 fully saturated rings. The molecule has 0 aliphatic heterocycles. The van der Waals surface area contributed by atoms with E-state index in [2.05, 4.69) is 10.2 Å². The van der Waals surface area contributed by atoms with Gasteiger partial charge in [0.1, 0.15) is 11.9 Å². The van der Waals surface area contributed by atoms with Crippen LogP contribution in [0.2, 0.25) is 0 Å². The maximum atomic E-state index is 13.7. The van der Waals surface area contributed by atoms with E-state index in [9.17, 15) is 9.50 Å². The van der Waals surface area contributed by atoms with Crippen LogP contribution >= 0.6 is 11.8 Å². The quantitative estimate of drug-likeness (QED) is 0.730. The van der Waals surface area contributed by atoms with Gasteiger partial charge in [0.2, 0.25) is 0 Å². The Balaban J connectivity index is 1.76. The number of rotatable bonds is 5. The lowest BCUT2D eigenvalue weighted by Gasteiger charge is -2.10. The molecule has 0 unspecified atom stereocenters. The fraction of sp³-hybridized carbons (Fsp3) is 0.176. The molecule has 0 aliphatic carbocycles. The average molecular weight is 329 g/mol. The standard InChI is InChI=1S/C17H16FN3OS/c1-21-16(15(22)12-7-3-2-4-8-12)19-20-17(21)23-11-13-9-5-6-10-14(13)18/h2-10,15,22H,11H2,1H3/t15-/m0/s1. The lowest BCUT2D eigenvalue weighted by atomic mass is 10.1. The van der Waals surface area contributed by atoms with E-state index in [4.69, 9.17) is 0 Å². The molecule has 0 saturated carbocycles. The minimum absolute atomic E-state index is 0.230. The Labute approximate surface area is 138 Å². The van der Waals surface area contributed by atoms with Gasteiger partial charge in [0, 0.05) is 12.8 Å². The molecule has 0 spiro atoms. The van der Waals surface area contributed by atoms with E-state index < -0.39 is 6.10 Å². The zero-order valence-corrected chi connectivity index (χ0v) is 13.4. The lowest BCUT2D eigenvalue weighted by molar-refractivity contribution is 0.205. The minimum Gasteiger partial charge on any atom is -0.380 e. The van der Waals surface area contributed by atoms with E-state index in [-0.39, 0.29) is 5.82 Å². The Bertz CT molecular complexity index is 792. The second kappa shape index (κ2) is 6.93. The maximum Gasteiger partial charge on any atom is 0.191 e. The summed E-state index contributed by atoms with van der Waals surface area (Å²) in [6.45, 7) is 0. The smallest absolute Gasteiger partial charge is 0.191 e. The summed E-state index contributed by atoms with van der Waals surface area (Å²) in [6, 6.07) is 16.0. The Morgan fingerprint density at radius 2 is 1.78 bits per heavy atom. The summed E-state index contributed by atoms with van der Waals surface area (Å²) in [6.07, 6.45) is -0.837. The van der Waals surface area contributed by atoms with Crippen molar-refractivity contribution in [1.82, 2.24) is 14.8 Å². The third-order valence-corrected chi connectivity index (χ3v) is 4.61. The van der Waals surface area contributed by atoms with Crippen LogP contribution in [0.25, 0.3) is 0 Å². The highest BCUT2D eigenvalue weighted by Crippen LogP contribution is 2.26. The number of halogens is 1. The van der Waals surface area contributed by atoms with Crippen molar-refractivity contribution in [3.8, 4) is 0 Å².